The fraction of sp³-hybridized carbons (Fsp3) is 0.615. The van der Waals surface area contributed by atoms with Crippen molar-refractivity contribution in [1.29, 1.82) is 0 Å². The maximum atomic E-state index is 11.1. The smallest absolute Gasteiger partial charge is 0.311 e. The van der Waals surface area contributed by atoms with Crippen LogP contribution in [0.4, 0.5) is 11.5 Å². The van der Waals surface area contributed by atoms with E-state index >= 15 is 0 Å². The summed E-state index contributed by atoms with van der Waals surface area (Å²) >= 11 is 0. The normalized spacial score (nSPS) is 29.6. The molecular weight excluding hydrogens is 244 g/mol. The lowest BCUT2D eigenvalue weighted by molar-refractivity contribution is -0.384. The van der Waals surface area contributed by atoms with Gasteiger partial charge in [-0.1, -0.05) is 0 Å². The zero-order chi connectivity index (χ0) is 13.6. The summed E-state index contributed by atoms with van der Waals surface area (Å²) in [7, 11) is 0. The average Bonchev–Trinajstić information content (AvgIpc) is 2.91. The van der Waals surface area contributed by atoms with Crippen molar-refractivity contribution in [1.82, 2.24) is 4.98 Å². The second-order valence-electron chi connectivity index (χ2n) is 5.62. The van der Waals surface area contributed by atoms with Crippen molar-refractivity contribution >= 4 is 11.5 Å². The summed E-state index contributed by atoms with van der Waals surface area (Å²) < 4.78 is 0. The van der Waals surface area contributed by atoms with E-state index in [-0.39, 0.29) is 16.7 Å². The van der Waals surface area contributed by atoms with Crippen molar-refractivity contribution in [2.24, 2.45) is 17.6 Å². The lowest BCUT2D eigenvalue weighted by atomic mass is 9.98. The SMILES string of the molecule is Cc1ccc([N+](=O)[O-])c(N2CC3CCC(N)C3C2)n1. The molecule has 0 amide bonds. The molecule has 2 N–H and O–H groups in total. The van der Waals surface area contributed by atoms with Crippen LogP contribution in [-0.4, -0.2) is 29.0 Å². The number of pyridine rings is 1. The molecule has 1 aliphatic carbocycles. The Kier molecular flexibility index (Phi) is 2.89. The number of rotatable bonds is 2. The van der Waals surface area contributed by atoms with Crippen LogP contribution in [0, 0.1) is 28.9 Å². The predicted molar refractivity (Wildman–Crippen MR) is 72.0 cm³/mol. The summed E-state index contributed by atoms with van der Waals surface area (Å²) in [6.07, 6.45) is 2.20. The fourth-order valence-corrected chi connectivity index (χ4v) is 3.39. The van der Waals surface area contributed by atoms with Crippen LogP contribution in [0.3, 0.4) is 0 Å². The highest BCUT2D eigenvalue weighted by molar-refractivity contribution is 5.59. The Morgan fingerprint density at radius 2 is 2.21 bits per heavy atom. The van der Waals surface area contributed by atoms with Gasteiger partial charge in [0.25, 0.3) is 0 Å². The van der Waals surface area contributed by atoms with Gasteiger partial charge in [0.05, 0.1) is 4.92 Å². The third-order valence-corrected chi connectivity index (χ3v) is 4.40. The van der Waals surface area contributed by atoms with Crippen molar-refractivity contribution in [3.05, 3.63) is 27.9 Å². The molecule has 6 nitrogen and oxygen atoms in total. The van der Waals surface area contributed by atoms with Gasteiger partial charge in [-0.25, -0.2) is 4.98 Å². The Balaban J connectivity index is 1.91. The van der Waals surface area contributed by atoms with E-state index in [1.54, 1.807) is 12.1 Å². The van der Waals surface area contributed by atoms with E-state index in [1.807, 2.05) is 11.8 Å². The number of nitro groups is 1. The van der Waals surface area contributed by atoms with Gasteiger partial charge in [-0.05, 0) is 37.7 Å². The summed E-state index contributed by atoms with van der Waals surface area (Å²) in [5, 5.41) is 11.1. The van der Waals surface area contributed by atoms with Crippen molar-refractivity contribution in [2.75, 3.05) is 18.0 Å². The molecule has 3 rings (SSSR count). The van der Waals surface area contributed by atoms with Gasteiger partial charge in [-0.15, -0.1) is 0 Å². The summed E-state index contributed by atoms with van der Waals surface area (Å²) in [5.41, 5.74) is 7.01. The fourth-order valence-electron chi connectivity index (χ4n) is 3.39. The topological polar surface area (TPSA) is 85.3 Å². The van der Waals surface area contributed by atoms with E-state index in [2.05, 4.69) is 4.98 Å². The highest BCUT2D eigenvalue weighted by Gasteiger charge is 2.42. The Bertz CT molecular complexity index is 519. The van der Waals surface area contributed by atoms with E-state index in [1.165, 1.54) is 0 Å². The number of hydrogen-bond donors (Lipinski definition) is 1. The van der Waals surface area contributed by atoms with Crippen LogP contribution in [-0.2, 0) is 0 Å². The molecule has 1 aliphatic heterocycles. The molecule has 6 heteroatoms. The number of aromatic nitrogens is 1. The monoisotopic (exact) mass is 262 g/mol. The molecule has 2 fully saturated rings. The van der Waals surface area contributed by atoms with Crippen LogP contribution in [0.15, 0.2) is 12.1 Å². The lowest BCUT2D eigenvalue weighted by Gasteiger charge is -2.19. The number of hydrogen-bond acceptors (Lipinski definition) is 5. The maximum absolute atomic E-state index is 11.1. The minimum absolute atomic E-state index is 0.0964. The van der Waals surface area contributed by atoms with Gasteiger partial charge < -0.3 is 10.6 Å². The minimum atomic E-state index is -0.351. The molecule has 0 aromatic carbocycles. The number of aryl methyl sites for hydroxylation is 1. The maximum Gasteiger partial charge on any atom is 0.311 e. The molecule has 3 unspecified atom stereocenters. The average molecular weight is 262 g/mol. The van der Waals surface area contributed by atoms with Crippen LogP contribution < -0.4 is 10.6 Å². The largest absolute Gasteiger partial charge is 0.350 e. The Labute approximate surface area is 111 Å². The van der Waals surface area contributed by atoms with Gasteiger partial charge in [-0.2, -0.15) is 0 Å². The first-order chi connectivity index (χ1) is 9.06. The lowest BCUT2D eigenvalue weighted by Crippen LogP contribution is -2.30. The molecule has 0 spiro atoms. The van der Waals surface area contributed by atoms with Crippen molar-refractivity contribution in [3.8, 4) is 0 Å². The predicted octanol–water partition coefficient (Wildman–Crippen LogP) is 1.47. The highest BCUT2D eigenvalue weighted by Crippen LogP contribution is 2.40. The van der Waals surface area contributed by atoms with Gasteiger partial charge >= 0.3 is 5.69 Å². The van der Waals surface area contributed by atoms with Crippen molar-refractivity contribution in [3.63, 3.8) is 0 Å². The molecule has 1 aromatic heterocycles. The number of fused-ring (bicyclic) bond motifs is 1. The summed E-state index contributed by atoms with van der Waals surface area (Å²) in [4.78, 5) is 17.2. The molecular formula is C13H18N4O2. The van der Waals surface area contributed by atoms with Crippen LogP contribution in [0.25, 0.3) is 0 Å². The number of nitrogens with two attached hydrogens (primary N) is 1. The number of anilines is 1. The minimum Gasteiger partial charge on any atom is -0.350 e. The third kappa shape index (κ3) is 2.06. The molecule has 19 heavy (non-hydrogen) atoms. The summed E-state index contributed by atoms with van der Waals surface area (Å²) in [6.45, 7) is 3.49. The standard InChI is InChI=1S/C13H18N4O2/c1-8-2-5-12(17(18)19)13(15-8)16-6-9-3-4-11(14)10(9)7-16/h2,5,9-11H,3-4,6-7,14H2,1H3. The molecule has 2 heterocycles. The van der Waals surface area contributed by atoms with Crippen LogP contribution in [0.5, 0.6) is 0 Å². The van der Waals surface area contributed by atoms with Gasteiger partial charge in [0.15, 0.2) is 0 Å². The third-order valence-electron chi connectivity index (χ3n) is 4.40. The van der Waals surface area contributed by atoms with Crippen molar-refractivity contribution in [2.45, 2.75) is 25.8 Å². The van der Waals surface area contributed by atoms with Crippen LogP contribution in [0.2, 0.25) is 0 Å². The Morgan fingerprint density at radius 3 is 2.89 bits per heavy atom. The van der Waals surface area contributed by atoms with Gasteiger partial charge in [0.1, 0.15) is 0 Å². The molecule has 102 valence electrons. The van der Waals surface area contributed by atoms with E-state index in [0.29, 0.717) is 17.7 Å². The van der Waals surface area contributed by atoms with Crippen LogP contribution >= 0.6 is 0 Å². The number of nitrogens with zero attached hydrogens (tertiary/aromatic N) is 3. The molecule has 0 bridgehead atoms. The van der Waals surface area contributed by atoms with Gasteiger partial charge in [0, 0.05) is 30.9 Å². The van der Waals surface area contributed by atoms with Gasteiger partial charge in [0.2, 0.25) is 5.82 Å². The Morgan fingerprint density at radius 1 is 1.42 bits per heavy atom. The molecule has 3 atom stereocenters. The first-order valence-corrected chi connectivity index (χ1v) is 6.69. The van der Waals surface area contributed by atoms with Crippen LogP contribution in [0.1, 0.15) is 18.5 Å². The van der Waals surface area contributed by atoms with E-state index in [4.69, 9.17) is 5.73 Å². The molecule has 1 aromatic rings. The summed E-state index contributed by atoms with van der Waals surface area (Å²) in [6, 6.07) is 3.47. The quantitative estimate of drug-likeness (QED) is 0.644. The molecule has 0 radical (unpaired) electrons. The second-order valence-corrected chi connectivity index (χ2v) is 5.62. The first-order valence-electron chi connectivity index (χ1n) is 6.69. The molecule has 1 saturated carbocycles. The summed E-state index contributed by atoms with van der Waals surface area (Å²) in [5.74, 6) is 1.53. The zero-order valence-electron chi connectivity index (χ0n) is 11.0. The van der Waals surface area contributed by atoms with Gasteiger partial charge in [-0.3, -0.25) is 10.1 Å². The molecule has 2 aliphatic rings. The highest BCUT2D eigenvalue weighted by atomic mass is 16.6. The molecule has 1 saturated heterocycles. The first kappa shape index (κ1) is 12.3. The zero-order valence-corrected chi connectivity index (χ0v) is 11.0. The van der Waals surface area contributed by atoms with E-state index < -0.39 is 0 Å². The Hall–Kier alpha value is -1.69. The van der Waals surface area contributed by atoms with E-state index in [0.717, 1.165) is 31.6 Å². The van der Waals surface area contributed by atoms with E-state index in [9.17, 15) is 10.1 Å². The second kappa shape index (κ2) is 4.45. The van der Waals surface area contributed by atoms with Crippen molar-refractivity contribution < 1.29 is 4.92 Å².